The maximum Gasteiger partial charge on any atom is 0.258 e. The Morgan fingerprint density at radius 3 is 2.11 bits per heavy atom. The summed E-state index contributed by atoms with van der Waals surface area (Å²) in [5, 5.41) is 10.6. The van der Waals surface area contributed by atoms with Gasteiger partial charge < -0.3 is 9.84 Å². The second-order valence-corrected chi connectivity index (χ2v) is 4.14. The van der Waals surface area contributed by atoms with Crippen molar-refractivity contribution in [2.75, 3.05) is 6.61 Å². The zero-order chi connectivity index (χ0) is 13.7. The van der Waals surface area contributed by atoms with E-state index in [1.54, 1.807) is 55.5 Å². The van der Waals surface area contributed by atoms with Crippen molar-refractivity contribution >= 4 is 5.78 Å². The molecule has 0 radical (unpaired) electrons. The third-order valence-corrected chi connectivity index (χ3v) is 2.86. The molecule has 0 heterocycles. The Morgan fingerprint density at radius 2 is 1.58 bits per heavy atom. The molecule has 2 aromatic rings. The number of hydrogen-bond donors (Lipinski definition) is 1. The minimum Gasteiger partial charge on any atom is -0.356 e. The Bertz CT molecular complexity index is 536. The number of carbonyl (C=O) groups is 1. The molecule has 3 heteroatoms. The van der Waals surface area contributed by atoms with E-state index in [1.165, 1.54) is 0 Å². The molecule has 98 valence electrons. The third kappa shape index (κ3) is 2.72. The molecule has 0 aliphatic rings. The first-order chi connectivity index (χ1) is 9.18. The molecular formula is C16H16O3. The van der Waals surface area contributed by atoms with Gasteiger partial charge in [-0.3, -0.25) is 4.79 Å². The molecule has 0 aliphatic carbocycles. The topological polar surface area (TPSA) is 46.5 Å². The summed E-state index contributed by atoms with van der Waals surface area (Å²) in [4.78, 5) is 12.5. The predicted molar refractivity (Wildman–Crippen MR) is 72.7 cm³/mol. The first-order valence-corrected chi connectivity index (χ1v) is 6.20. The number of benzene rings is 2. The van der Waals surface area contributed by atoms with E-state index < -0.39 is 11.6 Å². The first kappa shape index (κ1) is 13.5. The molecule has 0 spiro atoms. The summed E-state index contributed by atoms with van der Waals surface area (Å²) in [5.41, 5.74) is 0.855. The van der Waals surface area contributed by atoms with Crippen LogP contribution in [0, 0.1) is 0 Å². The Labute approximate surface area is 112 Å². The molecule has 0 aliphatic heterocycles. The molecule has 19 heavy (non-hydrogen) atoms. The van der Waals surface area contributed by atoms with E-state index in [9.17, 15) is 9.90 Å². The van der Waals surface area contributed by atoms with E-state index in [0.717, 1.165) is 0 Å². The highest BCUT2D eigenvalue weighted by Gasteiger charge is 2.39. The summed E-state index contributed by atoms with van der Waals surface area (Å²) in [7, 11) is 0. The highest BCUT2D eigenvalue weighted by Crippen LogP contribution is 2.27. The number of ether oxygens (including phenoxy) is 1. The molecule has 0 aromatic heterocycles. The summed E-state index contributed by atoms with van der Waals surface area (Å²) in [5.74, 6) is -2.39. The van der Waals surface area contributed by atoms with Gasteiger partial charge in [-0.15, -0.1) is 0 Å². The van der Waals surface area contributed by atoms with Crippen molar-refractivity contribution in [2.24, 2.45) is 0 Å². The normalized spacial score (nSPS) is 13.8. The lowest BCUT2D eigenvalue weighted by molar-refractivity contribution is -0.170. The molecule has 0 saturated carbocycles. The van der Waals surface area contributed by atoms with Crippen LogP contribution < -0.4 is 0 Å². The Hall–Kier alpha value is -1.97. The quantitative estimate of drug-likeness (QED) is 0.661. The monoisotopic (exact) mass is 256 g/mol. The Balaban J connectivity index is 2.43. The van der Waals surface area contributed by atoms with Crippen LogP contribution in [0.3, 0.4) is 0 Å². The van der Waals surface area contributed by atoms with E-state index in [0.29, 0.717) is 11.1 Å². The van der Waals surface area contributed by atoms with Gasteiger partial charge in [0.2, 0.25) is 5.78 Å². The summed E-state index contributed by atoms with van der Waals surface area (Å²) >= 11 is 0. The largest absolute Gasteiger partial charge is 0.356 e. The van der Waals surface area contributed by atoms with Gasteiger partial charge in [0, 0.05) is 17.7 Å². The van der Waals surface area contributed by atoms with Crippen LogP contribution in [0.5, 0.6) is 0 Å². The van der Waals surface area contributed by atoms with E-state index in [-0.39, 0.29) is 6.61 Å². The van der Waals surface area contributed by atoms with Crippen LogP contribution in [0.25, 0.3) is 0 Å². The highest BCUT2D eigenvalue weighted by atomic mass is 16.6. The standard InChI is InChI=1S/C16H16O3/c1-2-19-16(18,14-11-7-4-8-12-14)15(17)13-9-5-3-6-10-13/h3-12,18H,2H2,1H3. The third-order valence-electron chi connectivity index (χ3n) is 2.86. The van der Waals surface area contributed by atoms with Crippen LogP contribution in [0.2, 0.25) is 0 Å². The molecule has 1 atom stereocenters. The van der Waals surface area contributed by atoms with Crippen molar-refractivity contribution in [1.29, 1.82) is 0 Å². The molecule has 2 aromatic carbocycles. The van der Waals surface area contributed by atoms with Gasteiger partial charge in [0.05, 0.1) is 0 Å². The van der Waals surface area contributed by atoms with Crippen LogP contribution >= 0.6 is 0 Å². The smallest absolute Gasteiger partial charge is 0.258 e. The van der Waals surface area contributed by atoms with Gasteiger partial charge in [0.1, 0.15) is 0 Å². The van der Waals surface area contributed by atoms with Crippen LogP contribution in [-0.2, 0) is 10.5 Å². The Morgan fingerprint density at radius 1 is 1.05 bits per heavy atom. The van der Waals surface area contributed by atoms with Crippen LogP contribution in [0.4, 0.5) is 0 Å². The summed E-state index contributed by atoms with van der Waals surface area (Å²) in [6.45, 7) is 1.98. The fraction of sp³-hybridized carbons (Fsp3) is 0.188. The van der Waals surface area contributed by atoms with Crippen molar-refractivity contribution in [1.82, 2.24) is 0 Å². The van der Waals surface area contributed by atoms with Gasteiger partial charge in [-0.05, 0) is 6.92 Å². The number of Topliss-reactive ketones (excluding diaryl/α,β-unsaturated/α-hetero) is 1. The number of rotatable bonds is 5. The molecule has 0 saturated heterocycles. The molecule has 3 nitrogen and oxygen atoms in total. The van der Waals surface area contributed by atoms with E-state index >= 15 is 0 Å². The maximum atomic E-state index is 12.5. The van der Waals surface area contributed by atoms with Crippen molar-refractivity contribution in [2.45, 2.75) is 12.7 Å². The molecular weight excluding hydrogens is 240 g/mol. The van der Waals surface area contributed by atoms with E-state index in [2.05, 4.69) is 0 Å². The first-order valence-electron chi connectivity index (χ1n) is 6.20. The van der Waals surface area contributed by atoms with Gasteiger partial charge in [-0.1, -0.05) is 60.7 Å². The van der Waals surface area contributed by atoms with Crippen LogP contribution in [0.1, 0.15) is 22.8 Å². The maximum absolute atomic E-state index is 12.5. The van der Waals surface area contributed by atoms with Crippen molar-refractivity contribution in [3.05, 3.63) is 71.8 Å². The summed E-state index contributed by atoms with van der Waals surface area (Å²) in [6.07, 6.45) is 0. The average molecular weight is 256 g/mol. The van der Waals surface area contributed by atoms with E-state index in [4.69, 9.17) is 4.74 Å². The van der Waals surface area contributed by atoms with Gasteiger partial charge in [0.25, 0.3) is 5.79 Å². The SMILES string of the molecule is CCOC(O)(C(=O)c1ccccc1)c1ccccc1. The van der Waals surface area contributed by atoms with E-state index in [1.807, 2.05) is 12.1 Å². The van der Waals surface area contributed by atoms with Crippen LogP contribution in [0.15, 0.2) is 60.7 Å². The Kier molecular flexibility index (Phi) is 4.10. The van der Waals surface area contributed by atoms with Crippen LogP contribution in [-0.4, -0.2) is 17.5 Å². The lowest BCUT2D eigenvalue weighted by Crippen LogP contribution is -2.38. The zero-order valence-corrected chi connectivity index (χ0v) is 10.7. The number of hydrogen-bond acceptors (Lipinski definition) is 3. The molecule has 2 rings (SSSR count). The molecule has 0 fully saturated rings. The number of ketones is 1. The lowest BCUT2D eigenvalue weighted by atomic mass is 9.96. The minimum atomic E-state index is -1.93. The van der Waals surface area contributed by atoms with Crippen molar-refractivity contribution < 1.29 is 14.6 Å². The summed E-state index contributed by atoms with van der Waals surface area (Å²) in [6, 6.07) is 17.4. The number of aliphatic hydroxyl groups is 1. The van der Waals surface area contributed by atoms with Gasteiger partial charge >= 0.3 is 0 Å². The minimum absolute atomic E-state index is 0.240. The summed E-state index contributed by atoms with van der Waals surface area (Å²) < 4.78 is 5.34. The zero-order valence-electron chi connectivity index (χ0n) is 10.7. The second kappa shape index (κ2) is 5.78. The number of carbonyl (C=O) groups excluding carboxylic acids is 1. The fourth-order valence-corrected chi connectivity index (χ4v) is 1.94. The average Bonchev–Trinajstić information content (AvgIpc) is 2.48. The van der Waals surface area contributed by atoms with Crippen molar-refractivity contribution in [3.8, 4) is 0 Å². The highest BCUT2D eigenvalue weighted by molar-refractivity contribution is 6.01. The molecule has 0 bridgehead atoms. The van der Waals surface area contributed by atoms with Gasteiger partial charge in [-0.25, -0.2) is 0 Å². The van der Waals surface area contributed by atoms with Gasteiger partial charge in [0.15, 0.2) is 0 Å². The molecule has 1 unspecified atom stereocenters. The second-order valence-electron chi connectivity index (χ2n) is 4.14. The van der Waals surface area contributed by atoms with Crippen molar-refractivity contribution in [3.63, 3.8) is 0 Å². The molecule has 1 N–H and O–H groups in total. The fourth-order valence-electron chi connectivity index (χ4n) is 1.94. The lowest BCUT2D eigenvalue weighted by Gasteiger charge is -2.26. The molecule has 0 amide bonds. The van der Waals surface area contributed by atoms with Gasteiger partial charge in [-0.2, -0.15) is 0 Å². The predicted octanol–water partition coefficient (Wildman–Crippen LogP) is 2.75.